The second kappa shape index (κ2) is 8.33. The Morgan fingerprint density at radius 2 is 1.82 bits per heavy atom. The smallest absolute Gasteiger partial charge is 0.420 e. The summed E-state index contributed by atoms with van der Waals surface area (Å²) in [4.78, 5) is 35.6. The van der Waals surface area contributed by atoms with Gasteiger partial charge in [-0.25, -0.2) is 4.79 Å². The summed E-state index contributed by atoms with van der Waals surface area (Å²) < 4.78 is 39.3. The Morgan fingerprint density at radius 1 is 1.11 bits per heavy atom. The lowest BCUT2D eigenvalue weighted by Crippen LogP contribution is -2.25. The van der Waals surface area contributed by atoms with Crippen LogP contribution in [0.2, 0.25) is 0 Å². The van der Waals surface area contributed by atoms with Gasteiger partial charge in [-0.15, -0.1) is 0 Å². The fraction of sp³-hybridized carbons (Fsp3) is 0.167. The molecule has 0 radical (unpaired) electrons. The zero-order valence-electron chi connectivity index (χ0n) is 14.3. The molecule has 1 aromatic heterocycles. The molecule has 0 spiro atoms. The molecule has 2 aromatic carbocycles. The van der Waals surface area contributed by atoms with Crippen molar-refractivity contribution in [1.82, 2.24) is 4.57 Å². The van der Waals surface area contributed by atoms with E-state index in [0.29, 0.717) is 16.8 Å². The van der Waals surface area contributed by atoms with Crippen molar-refractivity contribution in [3.05, 3.63) is 59.1 Å². The summed E-state index contributed by atoms with van der Waals surface area (Å²) in [5.74, 6) is -2.21. The molecule has 0 saturated heterocycles. The maximum absolute atomic E-state index is 12.1. The van der Waals surface area contributed by atoms with Crippen molar-refractivity contribution < 1.29 is 32.3 Å². The number of amides is 1. The number of fused-ring (bicyclic) bond motifs is 1. The van der Waals surface area contributed by atoms with Gasteiger partial charge < -0.3 is 19.2 Å². The lowest BCUT2D eigenvalue weighted by molar-refractivity contribution is -0.147. The number of carbonyl (C=O) groups excluding carboxylic acids is 2. The van der Waals surface area contributed by atoms with Gasteiger partial charge in [0.25, 0.3) is 5.91 Å². The fourth-order valence-corrected chi connectivity index (χ4v) is 2.40. The number of esters is 1. The average Bonchev–Trinajstić information content (AvgIpc) is 2.97. The SMILES string of the molecule is O=C(COC(=O)Cn1c(=O)oc2ccccc21)Nc1ccc(OC(F)F)cc1. The number of aromatic nitrogens is 1. The molecule has 0 aliphatic heterocycles. The summed E-state index contributed by atoms with van der Waals surface area (Å²) in [5.41, 5.74) is 1.07. The number of oxazole rings is 1. The molecule has 0 unspecified atom stereocenters. The summed E-state index contributed by atoms with van der Waals surface area (Å²) in [6, 6.07) is 11.8. The predicted molar refractivity (Wildman–Crippen MR) is 93.1 cm³/mol. The van der Waals surface area contributed by atoms with Crippen LogP contribution in [-0.2, 0) is 20.9 Å². The van der Waals surface area contributed by atoms with Gasteiger partial charge >= 0.3 is 18.3 Å². The minimum atomic E-state index is -2.94. The first-order valence-corrected chi connectivity index (χ1v) is 8.01. The predicted octanol–water partition coefficient (Wildman–Crippen LogP) is 2.38. The number of hydrogen-bond donors (Lipinski definition) is 1. The Bertz CT molecular complexity index is 1040. The first-order chi connectivity index (χ1) is 13.4. The molecule has 3 aromatic rings. The first-order valence-electron chi connectivity index (χ1n) is 8.01. The molecule has 0 saturated carbocycles. The third-order valence-corrected chi connectivity index (χ3v) is 3.59. The van der Waals surface area contributed by atoms with E-state index >= 15 is 0 Å². The quantitative estimate of drug-likeness (QED) is 0.620. The minimum absolute atomic E-state index is 0.0581. The van der Waals surface area contributed by atoms with Crippen LogP contribution in [0.25, 0.3) is 11.1 Å². The number of rotatable bonds is 7. The van der Waals surface area contributed by atoms with E-state index in [1.165, 1.54) is 24.3 Å². The fourth-order valence-electron chi connectivity index (χ4n) is 2.40. The molecule has 28 heavy (non-hydrogen) atoms. The van der Waals surface area contributed by atoms with Gasteiger partial charge in [0, 0.05) is 5.69 Å². The summed E-state index contributed by atoms with van der Waals surface area (Å²) in [6.45, 7) is -3.94. The van der Waals surface area contributed by atoms with Crippen molar-refractivity contribution in [2.24, 2.45) is 0 Å². The molecule has 1 N–H and O–H groups in total. The molecule has 1 amide bonds. The van der Waals surface area contributed by atoms with Crippen LogP contribution >= 0.6 is 0 Å². The van der Waals surface area contributed by atoms with E-state index < -0.39 is 37.4 Å². The highest BCUT2D eigenvalue weighted by Crippen LogP contribution is 2.17. The highest BCUT2D eigenvalue weighted by Gasteiger charge is 2.14. The molecular weight excluding hydrogens is 378 g/mol. The lowest BCUT2D eigenvalue weighted by atomic mass is 10.3. The third-order valence-electron chi connectivity index (χ3n) is 3.59. The molecule has 0 fully saturated rings. The molecule has 146 valence electrons. The van der Waals surface area contributed by atoms with Crippen LogP contribution < -0.4 is 15.8 Å². The Labute approximate surface area is 156 Å². The second-order valence-electron chi connectivity index (χ2n) is 5.53. The third kappa shape index (κ3) is 4.72. The lowest BCUT2D eigenvalue weighted by Gasteiger charge is -2.08. The van der Waals surface area contributed by atoms with E-state index in [-0.39, 0.29) is 5.75 Å². The standard InChI is InChI=1S/C18H14F2N2O6/c19-17(20)27-12-7-5-11(6-8-12)21-15(23)10-26-16(24)9-22-13-3-1-2-4-14(13)28-18(22)25/h1-8,17H,9-10H2,(H,21,23). The van der Waals surface area contributed by atoms with Crippen LogP contribution in [0.3, 0.4) is 0 Å². The maximum atomic E-state index is 12.1. The van der Waals surface area contributed by atoms with Crippen molar-refractivity contribution in [2.45, 2.75) is 13.2 Å². The topological polar surface area (TPSA) is 99.8 Å². The number of para-hydroxylation sites is 2. The van der Waals surface area contributed by atoms with Gasteiger partial charge in [0.05, 0.1) is 5.52 Å². The van der Waals surface area contributed by atoms with Gasteiger partial charge in [-0.3, -0.25) is 14.2 Å². The summed E-state index contributed by atoms with van der Waals surface area (Å²) in [7, 11) is 0. The Kier molecular flexibility index (Phi) is 5.68. The van der Waals surface area contributed by atoms with Crippen molar-refractivity contribution in [1.29, 1.82) is 0 Å². The van der Waals surface area contributed by atoms with E-state index in [9.17, 15) is 23.2 Å². The summed E-state index contributed by atoms with van der Waals surface area (Å²) in [6.07, 6.45) is 0. The van der Waals surface area contributed by atoms with E-state index in [4.69, 9.17) is 9.15 Å². The number of nitrogens with one attached hydrogen (secondary N) is 1. The molecule has 0 bridgehead atoms. The molecule has 0 aliphatic carbocycles. The number of alkyl halides is 2. The van der Waals surface area contributed by atoms with Crippen LogP contribution in [0.1, 0.15) is 0 Å². The minimum Gasteiger partial charge on any atom is -0.454 e. The van der Waals surface area contributed by atoms with Crippen molar-refractivity contribution in [3.8, 4) is 5.75 Å². The number of halogens is 2. The zero-order chi connectivity index (χ0) is 20.1. The molecule has 10 heteroatoms. The zero-order valence-corrected chi connectivity index (χ0v) is 14.3. The largest absolute Gasteiger partial charge is 0.454 e. The van der Waals surface area contributed by atoms with Gasteiger partial charge in [0.1, 0.15) is 12.3 Å². The molecule has 0 atom stereocenters. The normalized spacial score (nSPS) is 10.8. The Hall–Kier alpha value is -3.69. The van der Waals surface area contributed by atoms with Crippen LogP contribution in [0.5, 0.6) is 5.75 Å². The maximum Gasteiger partial charge on any atom is 0.420 e. The monoisotopic (exact) mass is 392 g/mol. The van der Waals surface area contributed by atoms with Crippen molar-refractivity contribution in [3.63, 3.8) is 0 Å². The van der Waals surface area contributed by atoms with Crippen LogP contribution in [0.4, 0.5) is 14.5 Å². The van der Waals surface area contributed by atoms with Crippen LogP contribution in [-0.4, -0.2) is 29.7 Å². The van der Waals surface area contributed by atoms with Gasteiger partial charge in [-0.05, 0) is 36.4 Å². The van der Waals surface area contributed by atoms with E-state index in [0.717, 1.165) is 4.57 Å². The number of anilines is 1. The number of benzene rings is 2. The van der Waals surface area contributed by atoms with Crippen molar-refractivity contribution in [2.75, 3.05) is 11.9 Å². The molecule has 0 aliphatic rings. The number of nitrogens with zero attached hydrogens (tertiary/aromatic N) is 1. The highest BCUT2D eigenvalue weighted by atomic mass is 19.3. The van der Waals surface area contributed by atoms with E-state index in [1.54, 1.807) is 24.3 Å². The molecule has 3 rings (SSSR count). The average molecular weight is 392 g/mol. The van der Waals surface area contributed by atoms with Gasteiger partial charge in [-0.2, -0.15) is 8.78 Å². The van der Waals surface area contributed by atoms with Crippen LogP contribution in [0.15, 0.2) is 57.7 Å². The summed E-state index contributed by atoms with van der Waals surface area (Å²) >= 11 is 0. The van der Waals surface area contributed by atoms with Crippen LogP contribution in [0, 0.1) is 0 Å². The number of carbonyl (C=O) groups is 2. The Morgan fingerprint density at radius 3 is 2.54 bits per heavy atom. The van der Waals surface area contributed by atoms with E-state index in [1.807, 2.05) is 0 Å². The van der Waals surface area contributed by atoms with E-state index in [2.05, 4.69) is 10.1 Å². The van der Waals surface area contributed by atoms with Crippen molar-refractivity contribution >= 4 is 28.7 Å². The number of ether oxygens (including phenoxy) is 2. The Balaban J connectivity index is 1.52. The van der Waals surface area contributed by atoms with Gasteiger partial charge in [0.2, 0.25) is 0 Å². The number of hydrogen-bond acceptors (Lipinski definition) is 6. The second-order valence-corrected chi connectivity index (χ2v) is 5.53. The first kappa shape index (κ1) is 19.1. The molecule has 8 nitrogen and oxygen atoms in total. The summed E-state index contributed by atoms with van der Waals surface area (Å²) in [5, 5.41) is 2.43. The van der Waals surface area contributed by atoms with Gasteiger partial charge in [0.15, 0.2) is 12.2 Å². The highest BCUT2D eigenvalue weighted by molar-refractivity contribution is 5.92. The van der Waals surface area contributed by atoms with Gasteiger partial charge in [-0.1, -0.05) is 12.1 Å². The molecular formula is C18H14F2N2O6. The molecule has 1 heterocycles.